The van der Waals surface area contributed by atoms with E-state index >= 15 is 0 Å². The number of ether oxygens (including phenoxy) is 2. The zero-order chi connectivity index (χ0) is 17.7. The SMILES string of the molecule is CCOC(=O)CCc1cc2c(C)cc(=O)oc2cc1OCC(C)=O. The molecule has 0 atom stereocenters. The first-order valence-electron chi connectivity index (χ1n) is 7.76. The molecule has 0 aliphatic rings. The second-order valence-corrected chi connectivity index (χ2v) is 5.50. The Morgan fingerprint density at radius 2 is 1.96 bits per heavy atom. The summed E-state index contributed by atoms with van der Waals surface area (Å²) in [6.45, 7) is 5.22. The maximum absolute atomic E-state index is 11.6. The lowest BCUT2D eigenvalue weighted by Gasteiger charge is -2.12. The molecule has 6 heteroatoms. The van der Waals surface area contributed by atoms with Crippen molar-refractivity contribution in [3.8, 4) is 5.75 Å². The second kappa shape index (κ2) is 7.77. The molecule has 2 rings (SSSR count). The van der Waals surface area contributed by atoms with E-state index < -0.39 is 5.63 Å². The Bertz CT molecular complexity index is 818. The van der Waals surface area contributed by atoms with Gasteiger partial charge in [0.2, 0.25) is 0 Å². The molecule has 0 aliphatic carbocycles. The van der Waals surface area contributed by atoms with Crippen LogP contribution in [0, 0.1) is 6.92 Å². The number of carbonyl (C=O) groups is 2. The minimum absolute atomic E-state index is 0.0893. The smallest absolute Gasteiger partial charge is 0.336 e. The third kappa shape index (κ3) is 4.44. The normalized spacial score (nSPS) is 10.6. The standard InChI is InChI=1S/C18H20O6/c1-4-22-17(20)6-5-13-8-14-11(2)7-18(21)24-16(14)9-15(13)23-10-12(3)19/h7-9H,4-6,10H2,1-3H3. The highest BCUT2D eigenvalue weighted by atomic mass is 16.5. The number of hydrogen-bond acceptors (Lipinski definition) is 6. The molecule has 0 unspecified atom stereocenters. The first kappa shape index (κ1) is 17.7. The zero-order valence-electron chi connectivity index (χ0n) is 14.0. The van der Waals surface area contributed by atoms with Crippen LogP contribution in [-0.2, 0) is 20.7 Å². The molecule has 0 spiro atoms. The van der Waals surface area contributed by atoms with E-state index in [1.54, 1.807) is 13.0 Å². The number of aryl methyl sites for hydroxylation is 2. The van der Waals surface area contributed by atoms with Gasteiger partial charge in [0.15, 0.2) is 5.78 Å². The van der Waals surface area contributed by atoms with E-state index in [4.69, 9.17) is 13.9 Å². The van der Waals surface area contributed by atoms with Gasteiger partial charge in [-0.3, -0.25) is 9.59 Å². The van der Waals surface area contributed by atoms with E-state index in [1.165, 1.54) is 13.0 Å². The van der Waals surface area contributed by atoms with Gasteiger partial charge in [0.25, 0.3) is 0 Å². The summed E-state index contributed by atoms with van der Waals surface area (Å²) in [5.74, 6) is -0.000636. The zero-order valence-corrected chi connectivity index (χ0v) is 14.0. The topological polar surface area (TPSA) is 82.8 Å². The van der Waals surface area contributed by atoms with E-state index in [-0.39, 0.29) is 24.8 Å². The van der Waals surface area contributed by atoms with Gasteiger partial charge in [-0.1, -0.05) is 0 Å². The van der Waals surface area contributed by atoms with Crippen molar-refractivity contribution >= 4 is 22.7 Å². The molecular weight excluding hydrogens is 312 g/mol. The van der Waals surface area contributed by atoms with Crippen LogP contribution in [0.5, 0.6) is 5.75 Å². The van der Waals surface area contributed by atoms with Gasteiger partial charge in [-0.25, -0.2) is 4.79 Å². The Hall–Kier alpha value is -2.63. The summed E-state index contributed by atoms with van der Waals surface area (Å²) < 4.78 is 15.6. The van der Waals surface area contributed by atoms with Gasteiger partial charge in [0.1, 0.15) is 17.9 Å². The fourth-order valence-electron chi connectivity index (χ4n) is 2.37. The first-order chi connectivity index (χ1) is 11.4. The minimum Gasteiger partial charge on any atom is -0.485 e. The second-order valence-electron chi connectivity index (χ2n) is 5.50. The van der Waals surface area contributed by atoms with Gasteiger partial charge in [-0.05, 0) is 44.4 Å². The van der Waals surface area contributed by atoms with E-state index in [0.29, 0.717) is 24.4 Å². The fraction of sp³-hybridized carbons (Fsp3) is 0.389. The molecule has 1 heterocycles. The van der Waals surface area contributed by atoms with Crippen LogP contribution < -0.4 is 10.4 Å². The van der Waals surface area contributed by atoms with Crippen LogP contribution in [-0.4, -0.2) is 25.0 Å². The predicted molar refractivity (Wildman–Crippen MR) is 88.4 cm³/mol. The number of Topliss-reactive ketones (excluding diaryl/α,β-unsaturated/α-hetero) is 1. The Balaban J connectivity index is 2.40. The van der Waals surface area contributed by atoms with Crippen molar-refractivity contribution in [3.63, 3.8) is 0 Å². The highest BCUT2D eigenvalue weighted by Crippen LogP contribution is 2.28. The summed E-state index contributed by atoms with van der Waals surface area (Å²) in [7, 11) is 0. The van der Waals surface area contributed by atoms with Gasteiger partial charge in [-0.15, -0.1) is 0 Å². The van der Waals surface area contributed by atoms with E-state index in [2.05, 4.69) is 0 Å². The first-order valence-corrected chi connectivity index (χ1v) is 7.76. The van der Waals surface area contributed by atoms with Crippen molar-refractivity contribution in [3.05, 3.63) is 39.7 Å². The van der Waals surface area contributed by atoms with Gasteiger partial charge in [-0.2, -0.15) is 0 Å². The molecule has 0 saturated heterocycles. The molecule has 0 N–H and O–H groups in total. The number of hydrogen-bond donors (Lipinski definition) is 0. The number of esters is 1. The monoisotopic (exact) mass is 332 g/mol. The van der Waals surface area contributed by atoms with Crippen molar-refractivity contribution in [1.82, 2.24) is 0 Å². The Kier molecular flexibility index (Phi) is 5.73. The van der Waals surface area contributed by atoms with Crippen LogP contribution in [0.25, 0.3) is 11.0 Å². The van der Waals surface area contributed by atoms with Crippen LogP contribution in [0.2, 0.25) is 0 Å². The number of rotatable bonds is 7. The van der Waals surface area contributed by atoms with Crippen LogP contribution in [0.1, 0.15) is 31.4 Å². The lowest BCUT2D eigenvalue weighted by atomic mass is 10.0. The third-order valence-electron chi connectivity index (χ3n) is 3.47. The average Bonchev–Trinajstić information content (AvgIpc) is 2.51. The molecule has 2 aromatic rings. The molecule has 24 heavy (non-hydrogen) atoms. The largest absolute Gasteiger partial charge is 0.485 e. The van der Waals surface area contributed by atoms with Gasteiger partial charge in [0.05, 0.1) is 6.61 Å². The molecule has 1 aromatic heterocycles. The maximum Gasteiger partial charge on any atom is 0.336 e. The summed E-state index contributed by atoms with van der Waals surface area (Å²) >= 11 is 0. The van der Waals surface area contributed by atoms with Crippen molar-refractivity contribution < 1.29 is 23.5 Å². The summed E-state index contributed by atoms with van der Waals surface area (Å²) in [6, 6.07) is 4.82. The summed E-state index contributed by atoms with van der Waals surface area (Å²) in [6.07, 6.45) is 0.603. The number of ketones is 1. The Morgan fingerprint density at radius 1 is 1.21 bits per heavy atom. The number of fused-ring (bicyclic) bond motifs is 1. The number of carbonyl (C=O) groups excluding carboxylic acids is 2. The van der Waals surface area contributed by atoms with E-state index in [0.717, 1.165) is 16.5 Å². The quantitative estimate of drug-likeness (QED) is 0.572. The molecule has 0 radical (unpaired) electrons. The summed E-state index contributed by atoms with van der Waals surface area (Å²) in [4.78, 5) is 34.3. The van der Waals surface area contributed by atoms with Crippen LogP contribution in [0.3, 0.4) is 0 Å². The van der Waals surface area contributed by atoms with Crippen molar-refractivity contribution in [2.75, 3.05) is 13.2 Å². The van der Waals surface area contributed by atoms with Crippen molar-refractivity contribution in [2.24, 2.45) is 0 Å². The van der Waals surface area contributed by atoms with Crippen LogP contribution in [0.4, 0.5) is 0 Å². The van der Waals surface area contributed by atoms with Gasteiger partial charge < -0.3 is 13.9 Å². The van der Waals surface area contributed by atoms with Crippen LogP contribution in [0.15, 0.2) is 27.4 Å². The van der Waals surface area contributed by atoms with Gasteiger partial charge in [0, 0.05) is 23.9 Å². The summed E-state index contributed by atoms with van der Waals surface area (Å²) in [5.41, 5.74) is 1.47. The summed E-state index contributed by atoms with van der Waals surface area (Å²) in [5, 5.41) is 0.767. The lowest BCUT2D eigenvalue weighted by molar-refractivity contribution is -0.143. The van der Waals surface area contributed by atoms with E-state index in [1.807, 2.05) is 13.0 Å². The Morgan fingerprint density at radius 3 is 2.62 bits per heavy atom. The minimum atomic E-state index is -0.447. The molecular formula is C18H20O6. The maximum atomic E-state index is 11.6. The lowest BCUT2D eigenvalue weighted by Crippen LogP contribution is -2.10. The molecule has 6 nitrogen and oxygen atoms in total. The fourth-order valence-corrected chi connectivity index (χ4v) is 2.37. The third-order valence-corrected chi connectivity index (χ3v) is 3.47. The molecule has 1 aromatic carbocycles. The molecule has 128 valence electrons. The van der Waals surface area contributed by atoms with E-state index in [9.17, 15) is 14.4 Å². The molecule has 0 aliphatic heterocycles. The molecule has 0 amide bonds. The molecule has 0 bridgehead atoms. The average molecular weight is 332 g/mol. The Labute approximate surface area is 139 Å². The number of benzene rings is 1. The predicted octanol–water partition coefficient (Wildman–Crippen LogP) is 2.56. The molecule has 0 saturated carbocycles. The highest BCUT2D eigenvalue weighted by molar-refractivity contribution is 5.83. The van der Waals surface area contributed by atoms with Crippen LogP contribution >= 0.6 is 0 Å². The van der Waals surface area contributed by atoms with Gasteiger partial charge >= 0.3 is 11.6 Å². The molecule has 0 fully saturated rings. The van der Waals surface area contributed by atoms with Crippen molar-refractivity contribution in [2.45, 2.75) is 33.6 Å². The highest BCUT2D eigenvalue weighted by Gasteiger charge is 2.13. The van der Waals surface area contributed by atoms with Crippen molar-refractivity contribution in [1.29, 1.82) is 0 Å².